The van der Waals surface area contributed by atoms with Gasteiger partial charge in [0.1, 0.15) is 0 Å². The summed E-state index contributed by atoms with van der Waals surface area (Å²) in [4.78, 5) is 10.2. The highest BCUT2D eigenvalue weighted by Gasteiger charge is 1.96. The molecule has 0 spiro atoms. The number of carbonyl (C=O) groups is 1. The molecule has 16 heavy (non-hydrogen) atoms. The van der Waals surface area contributed by atoms with E-state index < -0.39 is 5.97 Å². The lowest BCUT2D eigenvalue weighted by Gasteiger charge is -1.90. The highest BCUT2D eigenvalue weighted by atomic mass is 16.4. The summed E-state index contributed by atoms with van der Waals surface area (Å²) in [6.07, 6.45) is 4.68. The molecule has 0 atom stereocenters. The second-order valence-electron chi connectivity index (χ2n) is 3.46. The van der Waals surface area contributed by atoms with E-state index in [2.05, 4.69) is 6.92 Å². The second-order valence-corrected chi connectivity index (χ2v) is 3.46. The molecule has 3 heteroatoms. The van der Waals surface area contributed by atoms with Crippen molar-refractivity contribution < 1.29 is 15.0 Å². The van der Waals surface area contributed by atoms with Gasteiger partial charge in [0.25, 0.3) is 0 Å². The number of aliphatic hydroxyl groups excluding tert-OH is 1. The van der Waals surface area contributed by atoms with Gasteiger partial charge in [-0.25, -0.2) is 4.79 Å². The predicted octanol–water partition coefficient (Wildman–Crippen LogP) is 2.94. The Hall–Kier alpha value is -1.35. The Morgan fingerprint density at radius 2 is 1.75 bits per heavy atom. The van der Waals surface area contributed by atoms with Gasteiger partial charge in [-0.2, -0.15) is 0 Å². The summed E-state index contributed by atoms with van der Waals surface area (Å²) in [5.74, 6) is -0.879. The first-order valence-electron chi connectivity index (χ1n) is 5.61. The maximum atomic E-state index is 10.2. The van der Waals surface area contributed by atoms with Gasteiger partial charge in [0.05, 0.1) is 5.56 Å². The van der Waals surface area contributed by atoms with E-state index >= 15 is 0 Å². The Morgan fingerprint density at radius 1 is 1.12 bits per heavy atom. The molecular formula is C13H20O3. The van der Waals surface area contributed by atoms with Gasteiger partial charge in [0, 0.05) is 6.61 Å². The summed E-state index contributed by atoms with van der Waals surface area (Å²) >= 11 is 0. The topological polar surface area (TPSA) is 57.5 Å². The molecule has 0 aromatic heterocycles. The van der Waals surface area contributed by atoms with E-state index in [4.69, 9.17) is 10.2 Å². The lowest BCUT2D eigenvalue weighted by Crippen LogP contribution is -1.93. The van der Waals surface area contributed by atoms with Crippen LogP contribution in [0.25, 0.3) is 0 Å². The molecule has 1 rings (SSSR count). The highest BCUT2D eigenvalue weighted by molar-refractivity contribution is 5.87. The largest absolute Gasteiger partial charge is 0.478 e. The molecule has 0 saturated carbocycles. The van der Waals surface area contributed by atoms with E-state index in [-0.39, 0.29) is 0 Å². The molecule has 90 valence electrons. The fourth-order valence-electron chi connectivity index (χ4n) is 1.12. The summed E-state index contributed by atoms with van der Waals surface area (Å²) in [7, 11) is 0. The molecule has 3 nitrogen and oxygen atoms in total. The number of aromatic carboxylic acids is 1. The molecule has 0 saturated heterocycles. The van der Waals surface area contributed by atoms with Crippen molar-refractivity contribution in [3.63, 3.8) is 0 Å². The average Bonchev–Trinajstić information content (AvgIpc) is 2.32. The third-order valence-corrected chi connectivity index (χ3v) is 2.03. The summed E-state index contributed by atoms with van der Waals surface area (Å²) in [6.45, 7) is 2.53. The fourth-order valence-corrected chi connectivity index (χ4v) is 1.12. The molecule has 0 heterocycles. The fraction of sp³-hybridized carbons (Fsp3) is 0.462. The van der Waals surface area contributed by atoms with Crippen LogP contribution in [-0.2, 0) is 0 Å². The molecule has 2 N–H and O–H groups in total. The van der Waals surface area contributed by atoms with Crippen LogP contribution in [-0.4, -0.2) is 22.8 Å². The molecule has 0 fully saturated rings. The number of hydrogen-bond donors (Lipinski definition) is 2. The van der Waals surface area contributed by atoms with Gasteiger partial charge >= 0.3 is 5.97 Å². The van der Waals surface area contributed by atoms with Crippen LogP contribution in [0.5, 0.6) is 0 Å². The standard InChI is InChI=1S/C7H6O2.C6H14O/c8-7(9)6-4-2-1-3-5-6;1-2-3-4-5-6-7/h1-5H,(H,8,9);7H,2-6H2,1H3. The van der Waals surface area contributed by atoms with E-state index in [1.54, 1.807) is 30.3 Å². The van der Waals surface area contributed by atoms with Crippen molar-refractivity contribution in [2.24, 2.45) is 0 Å². The Labute approximate surface area is 96.7 Å². The van der Waals surface area contributed by atoms with Crippen LogP contribution in [0.15, 0.2) is 30.3 Å². The number of carboxylic acids is 1. The van der Waals surface area contributed by atoms with Gasteiger partial charge in [-0.3, -0.25) is 0 Å². The van der Waals surface area contributed by atoms with Crippen LogP contribution >= 0.6 is 0 Å². The maximum Gasteiger partial charge on any atom is 0.335 e. The van der Waals surface area contributed by atoms with Gasteiger partial charge in [-0.1, -0.05) is 44.4 Å². The molecule has 0 amide bonds. The van der Waals surface area contributed by atoms with Crippen molar-refractivity contribution in [3.8, 4) is 0 Å². The van der Waals surface area contributed by atoms with Gasteiger partial charge in [0.2, 0.25) is 0 Å². The summed E-state index contributed by atoms with van der Waals surface area (Å²) in [6, 6.07) is 8.30. The van der Waals surface area contributed by atoms with E-state index in [9.17, 15) is 4.79 Å². The number of rotatable bonds is 5. The Kier molecular flexibility index (Phi) is 9.32. The van der Waals surface area contributed by atoms with Crippen LogP contribution in [0.1, 0.15) is 43.0 Å². The Morgan fingerprint density at radius 3 is 2.12 bits per heavy atom. The first kappa shape index (κ1) is 14.6. The minimum absolute atomic E-state index is 0.331. The zero-order valence-corrected chi connectivity index (χ0v) is 9.72. The van der Waals surface area contributed by atoms with Crippen molar-refractivity contribution in [1.29, 1.82) is 0 Å². The first-order valence-corrected chi connectivity index (χ1v) is 5.61. The number of hydrogen-bond acceptors (Lipinski definition) is 2. The monoisotopic (exact) mass is 224 g/mol. The number of unbranched alkanes of at least 4 members (excludes halogenated alkanes) is 3. The van der Waals surface area contributed by atoms with Crippen molar-refractivity contribution in [1.82, 2.24) is 0 Å². The molecular weight excluding hydrogens is 204 g/mol. The van der Waals surface area contributed by atoms with Crippen molar-refractivity contribution in [2.45, 2.75) is 32.6 Å². The van der Waals surface area contributed by atoms with Crippen molar-refractivity contribution in [2.75, 3.05) is 6.61 Å². The molecule has 0 unspecified atom stereocenters. The smallest absolute Gasteiger partial charge is 0.335 e. The zero-order valence-electron chi connectivity index (χ0n) is 9.72. The number of aliphatic hydroxyl groups is 1. The van der Waals surface area contributed by atoms with E-state index in [0.29, 0.717) is 12.2 Å². The third-order valence-electron chi connectivity index (χ3n) is 2.03. The molecule has 0 aliphatic rings. The van der Waals surface area contributed by atoms with E-state index in [1.165, 1.54) is 19.3 Å². The maximum absolute atomic E-state index is 10.2. The van der Waals surface area contributed by atoms with E-state index in [0.717, 1.165) is 6.42 Å². The third kappa shape index (κ3) is 8.00. The van der Waals surface area contributed by atoms with Crippen molar-refractivity contribution in [3.05, 3.63) is 35.9 Å². The second kappa shape index (κ2) is 10.2. The highest BCUT2D eigenvalue weighted by Crippen LogP contribution is 1.96. The summed E-state index contributed by atoms with van der Waals surface area (Å²) in [5, 5.41) is 16.7. The van der Waals surface area contributed by atoms with Gasteiger partial charge in [0.15, 0.2) is 0 Å². The minimum atomic E-state index is -0.879. The molecule has 0 aliphatic carbocycles. The SMILES string of the molecule is CCCCCCO.O=C(O)c1ccccc1. The molecule has 0 aliphatic heterocycles. The molecule has 0 radical (unpaired) electrons. The predicted molar refractivity (Wildman–Crippen MR) is 64.6 cm³/mol. The molecule has 1 aromatic carbocycles. The lowest BCUT2D eigenvalue weighted by molar-refractivity contribution is 0.0697. The van der Waals surface area contributed by atoms with Gasteiger partial charge in [-0.15, -0.1) is 0 Å². The quantitative estimate of drug-likeness (QED) is 0.756. The summed E-state index contributed by atoms with van der Waals surface area (Å²) in [5.41, 5.74) is 0.331. The van der Waals surface area contributed by atoms with Crippen LogP contribution in [0, 0.1) is 0 Å². The van der Waals surface area contributed by atoms with Gasteiger partial charge < -0.3 is 10.2 Å². The number of carboxylic acid groups (broad SMARTS) is 1. The summed E-state index contributed by atoms with van der Waals surface area (Å²) < 4.78 is 0. The Bertz CT molecular complexity index is 266. The normalized spacial score (nSPS) is 9.12. The average molecular weight is 224 g/mol. The molecule has 0 bridgehead atoms. The first-order chi connectivity index (χ1) is 7.72. The number of benzene rings is 1. The van der Waals surface area contributed by atoms with Crippen molar-refractivity contribution >= 4 is 5.97 Å². The molecule has 1 aromatic rings. The van der Waals surface area contributed by atoms with Crippen LogP contribution in [0.4, 0.5) is 0 Å². The van der Waals surface area contributed by atoms with E-state index in [1.807, 2.05) is 0 Å². The zero-order chi connectivity index (χ0) is 12.2. The van der Waals surface area contributed by atoms with Gasteiger partial charge in [-0.05, 0) is 18.6 Å². The van der Waals surface area contributed by atoms with Crippen LogP contribution in [0.3, 0.4) is 0 Å². The van der Waals surface area contributed by atoms with Crippen LogP contribution in [0.2, 0.25) is 0 Å². The van der Waals surface area contributed by atoms with Crippen LogP contribution < -0.4 is 0 Å². The Balaban J connectivity index is 0.000000293. The minimum Gasteiger partial charge on any atom is -0.478 e. The lowest BCUT2D eigenvalue weighted by atomic mass is 10.2.